The zero-order chi connectivity index (χ0) is 7.28. The van der Waals surface area contributed by atoms with Gasteiger partial charge >= 0.3 is 0 Å². The zero-order valence-electron chi connectivity index (χ0n) is 5.76. The van der Waals surface area contributed by atoms with Crippen LogP contribution in [0.1, 0.15) is 13.8 Å². The van der Waals surface area contributed by atoms with Crippen molar-refractivity contribution in [2.75, 3.05) is 12.4 Å². The molecule has 2 nitrogen and oxygen atoms in total. The lowest BCUT2D eigenvalue weighted by Crippen LogP contribution is -2.09. The van der Waals surface area contributed by atoms with E-state index in [2.05, 4.69) is 0 Å². The molecule has 0 aliphatic rings. The molecule has 0 saturated heterocycles. The van der Waals surface area contributed by atoms with Crippen molar-refractivity contribution in [1.82, 2.24) is 0 Å². The standard InChI is InChI=1S/C6H12O2S/c1-5(8)6(2)9-4-3-7/h6-7H,3-4H2,1-2H3. The maximum Gasteiger partial charge on any atom is 0.142 e. The molecule has 54 valence electrons. The fraction of sp³-hybridized carbons (Fsp3) is 0.833. The van der Waals surface area contributed by atoms with Crippen molar-refractivity contribution in [2.45, 2.75) is 19.1 Å². The summed E-state index contributed by atoms with van der Waals surface area (Å²) < 4.78 is 0. The van der Waals surface area contributed by atoms with Crippen molar-refractivity contribution >= 4 is 17.5 Å². The van der Waals surface area contributed by atoms with Gasteiger partial charge in [-0.05, 0) is 13.8 Å². The Labute approximate surface area is 59.6 Å². The van der Waals surface area contributed by atoms with E-state index in [1.54, 1.807) is 6.92 Å². The molecule has 9 heavy (non-hydrogen) atoms. The van der Waals surface area contributed by atoms with E-state index in [0.717, 1.165) is 0 Å². The fourth-order valence-electron chi connectivity index (χ4n) is 0.347. The molecular formula is C6H12O2S. The number of aliphatic hydroxyl groups is 1. The highest BCUT2D eigenvalue weighted by atomic mass is 32.2. The molecule has 0 fully saturated rings. The number of hydrogen-bond acceptors (Lipinski definition) is 3. The van der Waals surface area contributed by atoms with Gasteiger partial charge in [0.2, 0.25) is 0 Å². The number of carbonyl (C=O) groups is 1. The summed E-state index contributed by atoms with van der Waals surface area (Å²) >= 11 is 1.48. The van der Waals surface area contributed by atoms with E-state index < -0.39 is 0 Å². The molecule has 0 saturated carbocycles. The summed E-state index contributed by atoms with van der Waals surface area (Å²) in [4.78, 5) is 10.5. The van der Waals surface area contributed by atoms with Gasteiger partial charge in [-0.15, -0.1) is 11.8 Å². The number of aliphatic hydroxyl groups excluding tert-OH is 1. The Morgan fingerprint density at radius 2 is 2.33 bits per heavy atom. The Morgan fingerprint density at radius 3 is 2.67 bits per heavy atom. The maximum absolute atomic E-state index is 10.5. The van der Waals surface area contributed by atoms with E-state index in [-0.39, 0.29) is 17.6 Å². The summed E-state index contributed by atoms with van der Waals surface area (Å²) in [5, 5.41) is 8.40. The van der Waals surface area contributed by atoms with Crippen molar-refractivity contribution in [2.24, 2.45) is 0 Å². The molecule has 0 aromatic rings. The Morgan fingerprint density at radius 1 is 1.78 bits per heavy atom. The molecule has 0 aliphatic heterocycles. The van der Waals surface area contributed by atoms with E-state index in [1.165, 1.54) is 11.8 Å². The van der Waals surface area contributed by atoms with Crippen LogP contribution in [-0.2, 0) is 4.79 Å². The molecule has 0 spiro atoms. The largest absolute Gasteiger partial charge is 0.396 e. The topological polar surface area (TPSA) is 37.3 Å². The third-order valence-corrected chi connectivity index (χ3v) is 2.28. The predicted octanol–water partition coefficient (Wildman–Crippen LogP) is 0.689. The van der Waals surface area contributed by atoms with Crippen molar-refractivity contribution in [3.63, 3.8) is 0 Å². The first-order chi connectivity index (χ1) is 4.18. The van der Waals surface area contributed by atoms with E-state index in [0.29, 0.717) is 5.75 Å². The van der Waals surface area contributed by atoms with Crippen molar-refractivity contribution in [1.29, 1.82) is 0 Å². The van der Waals surface area contributed by atoms with Gasteiger partial charge < -0.3 is 5.11 Å². The number of ketones is 1. The highest BCUT2D eigenvalue weighted by Gasteiger charge is 2.05. The second-order valence-electron chi connectivity index (χ2n) is 1.85. The number of rotatable bonds is 4. The second kappa shape index (κ2) is 4.82. The molecule has 0 aromatic carbocycles. The van der Waals surface area contributed by atoms with Gasteiger partial charge in [0.25, 0.3) is 0 Å². The first-order valence-corrected chi connectivity index (χ1v) is 3.96. The van der Waals surface area contributed by atoms with Gasteiger partial charge in [0, 0.05) is 5.75 Å². The molecule has 0 rings (SSSR count). The van der Waals surface area contributed by atoms with Crippen LogP contribution in [0, 0.1) is 0 Å². The van der Waals surface area contributed by atoms with Gasteiger partial charge in [0.05, 0.1) is 11.9 Å². The Hall–Kier alpha value is -0.0200. The molecule has 0 aliphatic carbocycles. The fourth-order valence-corrected chi connectivity index (χ4v) is 1.04. The lowest BCUT2D eigenvalue weighted by atomic mass is 10.3. The minimum Gasteiger partial charge on any atom is -0.396 e. The molecule has 3 heteroatoms. The van der Waals surface area contributed by atoms with Gasteiger partial charge in [-0.1, -0.05) is 0 Å². The maximum atomic E-state index is 10.5. The van der Waals surface area contributed by atoms with Crippen LogP contribution in [-0.4, -0.2) is 28.5 Å². The molecule has 1 N–H and O–H groups in total. The average molecular weight is 148 g/mol. The minimum absolute atomic E-state index is 0.0390. The lowest BCUT2D eigenvalue weighted by Gasteiger charge is -2.03. The Bertz CT molecular complexity index is 93.1. The van der Waals surface area contributed by atoms with Gasteiger partial charge in [-0.3, -0.25) is 4.79 Å². The van der Waals surface area contributed by atoms with Crippen LogP contribution in [0.3, 0.4) is 0 Å². The van der Waals surface area contributed by atoms with Crippen LogP contribution in [0.15, 0.2) is 0 Å². The quantitative estimate of drug-likeness (QED) is 0.637. The van der Waals surface area contributed by atoms with Crippen LogP contribution in [0.2, 0.25) is 0 Å². The van der Waals surface area contributed by atoms with Crippen LogP contribution >= 0.6 is 11.8 Å². The van der Waals surface area contributed by atoms with Gasteiger partial charge in [0.15, 0.2) is 0 Å². The van der Waals surface area contributed by atoms with Crippen molar-refractivity contribution < 1.29 is 9.90 Å². The zero-order valence-corrected chi connectivity index (χ0v) is 6.57. The molecule has 0 amide bonds. The second-order valence-corrected chi connectivity index (χ2v) is 3.30. The van der Waals surface area contributed by atoms with E-state index in [9.17, 15) is 4.79 Å². The highest BCUT2D eigenvalue weighted by molar-refractivity contribution is 8.00. The monoisotopic (exact) mass is 148 g/mol. The summed E-state index contributed by atoms with van der Waals surface area (Å²) in [7, 11) is 0. The SMILES string of the molecule is CC(=O)C(C)SCCO. The summed E-state index contributed by atoms with van der Waals surface area (Å²) in [6.45, 7) is 3.57. The summed E-state index contributed by atoms with van der Waals surface area (Å²) in [6.07, 6.45) is 0. The van der Waals surface area contributed by atoms with E-state index >= 15 is 0 Å². The lowest BCUT2D eigenvalue weighted by molar-refractivity contribution is -0.116. The van der Waals surface area contributed by atoms with Crippen LogP contribution in [0.4, 0.5) is 0 Å². The van der Waals surface area contributed by atoms with E-state index in [1.807, 2.05) is 6.92 Å². The normalized spacial score (nSPS) is 13.2. The van der Waals surface area contributed by atoms with Gasteiger partial charge in [-0.25, -0.2) is 0 Å². The van der Waals surface area contributed by atoms with Crippen molar-refractivity contribution in [3.05, 3.63) is 0 Å². The highest BCUT2D eigenvalue weighted by Crippen LogP contribution is 2.09. The van der Waals surface area contributed by atoms with Crippen LogP contribution in [0.5, 0.6) is 0 Å². The van der Waals surface area contributed by atoms with Crippen LogP contribution < -0.4 is 0 Å². The smallest absolute Gasteiger partial charge is 0.142 e. The molecular weight excluding hydrogens is 136 g/mol. The molecule has 1 unspecified atom stereocenters. The number of carbonyl (C=O) groups excluding carboxylic acids is 1. The summed E-state index contributed by atoms with van der Waals surface area (Å²) in [5.41, 5.74) is 0. The average Bonchev–Trinajstić information content (AvgIpc) is 1.82. The van der Waals surface area contributed by atoms with Gasteiger partial charge in [0.1, 0.15) is 5.78 Å². The number of thioether (sulfide) groups is 1. The van der Waals surface area contributed by atoms with Crippen molar-refractivity contribution in [3.8, 4) is 0 Å². The number of hydrogen-bond donors (Lipinski definition) is 1. The molecule has 1 atom stereocenters. The van der Waals surface area contributed by atoms with E-state index in [4.69, 9.17) is 5.11 Å². The van der Waals surface area contributed by atoms with Gasteiger partial charge in [-0.2, -0.15) is 0 Å². The first-order valence-electron chi connectivity index (χ1n) is 2.91. The number of Topliss-reactive ketones (excluding diaryl/α,β-unsaturated/α-hetero) is 1. The first kappa shape index (κ1) is 8.98. The Balaban J connectivity index is 3.27. The molecule has 0 bridgehead atoms. The molecule has 0 aromatic heterocycles. The van der Waals surface area contributed by atoms with Crippen LogP contribution in [0.25, 0.3) is 0 Å². The summed E-state index contributed by atoms with van der Waals surface area (Å²) in [6, 6.07) is 0. The Kier molecular flexibility index (Phi) is 4.81. The third-order valence-electron chi connectivity index (χ3n) is 1.03. The molecule has 0 radical (unpaired) electrons. The minimum atomic E-state index is 0.0390. The molecule has 0 heterocycles. The summed E-state index contributed by atoms with van der Waals surface area (Å²) in [5.74, 6) is 0.828. The third kappa shape index (κ3) is 4.48. The predicted molar refractivity (Wildman–Crippen MR) is 39.7 cm³/mol.